The largest absolute Gasteiger partial charge is 0.478 e. The average molecular weight is 291 g/mol. The fraction of sp³-hybridized carbons (Fsp3) is 0. The van der Waals surface area contributed by atoms with E-state index < -0.39 is 5.97 Å². The van der Waals surface area contributed by atoms with Crippen molar-refractivity contribution < 1.29 is 9.90 Å². The maximum atomic E-state index is 10.8. The van der Waals surface area contributed by atoms with E-state index in [2.05, 4.69) is 10.2 Å². The molecule has 0 unspecified atom stereocenters. The number of nitrogens with zero attached hydrogens (tertiary/aromatic N) is 3. The Labute approximate surface area is 127 Å². The molecule has 108 valence electrons. The first-order chi connectivity index (χ1) is 10.8. The Hall–Kier alpha value is -3.21. The smallest absolute Gasteiger partial charge is 0.328 e. The number of rotatable bonds is 4. The molecule has 0 amide bonds. The maximum Gasteiger partial charge on any atom is 0.328 e. The minimum absolute atomic E-state index is 0.465. The van der Waals surface area contributed by atoms with Gasteiger partial charge in [0.1, 0.15) is 0 Å². The van der Waals surface area contributed by atoms with Crippen molar-refractivity contribution in [2.75, 3.05) is 0 Å². The topological polar surface area (TPSA) is 68.0 Å². The molecular weight excluding hydrogens is 278 g/mol. The first-order valence-electron chi connectivity index (χ1n) is 6.73. The molecule has 0 radical (unpaired) electrons. The number of carboxylic acid groups (broad SMARTS) is 1. The summed E-state index contributed by atoms with van der Waals surface area (Å²) in [7, 11) is 0. The molecule has 2 aromatic carbocycles. The second-order valence-corrected chi connectivity index (χ2v) is 4.59. The SMILES string of the molecule is O=C(O)/C=C/c1nnc(-c2ccccc2)n1-c1ccccc1. The van der Waals surface area contributed by atoms with Gasteiger partial charge in [-0.05, 0) is 18.2 Å². The summed E-state index contributed by atoms with van der Waals surface area (Å²) < 4.78 is 1.83. The van der Waals surface area contributed by atoms with E-state index in [0.717, 1.165) is 17.3 Å². The standard InChI is InChI=1S/C17H13N3O2/c21-16(22)12-11-15-18-19-17(13-7-3-1-4-8-13)20(15)14-9-5-2-6-10-14/h1-12H,(H,21,22)/b12-11+. The number of aromatic nitrogens is 3. The van der Waals surface area contributed by atoms with Crippen LogP contribution in [-0.2, 0) is 4.79 Å². The summed E-state index contributed by atoms with van der Waals surface area (Å²) in [6.45, 7) is 0. The normalized spacial score (nSPS) is 10.9. The van der Waals surface area contributed by atoms with Crippen molar-refractivity contribution in [2.45, 2.75) is 0 Å². The Morgan fingerprint density at radius 1 is 0.955 bits per heavy atom. The molecule has 1 aromatic heterocycles. The van der Waals surface area contributed by atoms with Gasteiger partial charge in [-0.25, -0.2) is 4.79 Å². The molecule has 0 aliphatic rings. The van der Waals surface area contributed by atoms with Gasteiger partial charge in [0.25, 0.3) is 0 Å². The molecule has 0 aliphatic heterocycles. The molecule has 0 aliphatic carbocycles. The highest BCUT2D eigenvalue weighted by molar-refractivity contribution is 5.84. The highest BCUT2D eigenvalue weighted by Gasteiger charge is 2.13. The van der Waals surface area contributed by atoms with Crippen molar-refractivity contribution >= 4 is 12.0 Å². The summed E-state index contributed by atoms with van der Waals surface area (Å²) >= 11 is 0. The van der Waals surface area contributed by atoms with Crippen LogP contribution in [0.15, 0.2) is 66.7 Å². The van der Waals surface area contributed by atoms with Gasteiger partial charge in [0, 0.05) is 17.3 Å². The van der Waals surface area contributed by atoms with E-state index in [1.165, 1.54) is 6.08 Å². The summed E-state index contributed by atoms with van der Waals surface area (Å²) in [5.74, 6) is 0.105. The van der Waals surface area contributed by atoms with Crippen LogP contribution in [0, 0.1) is 0 Å². The van der Waals surface area contributed by atoms with E-state index in [1.807, 2.05) is 65.2 Å². The summed E-state index contributed by atoms with van der Waals surface area (Å²) in [5.41, 5.74) is 1.78. The lowest BCUT2D eigenvalue weighted by molar-refractivity contribution is -0.131. The molecule has 0 bridgehead atoms. The highest BCUT2D eigenvalue weighted by atomic mass is 16.4. The summed E-state index contributed by atoms with van der Waals surface area (Å²) in [5, 5.41) is 17.1. The lowest BCUT2D eigenvalue weighted by Gasteiger charge is -2.08. The predicted molar refractivity (Wildman–Crippen MR) is 83.5 cm³/mol. The van der Waals surface area contributed by atoms with E-state index in [0.29, 0.717) is 11.6 Å². The lowest BCUT2D eigenvalue weighted by Crippen LogP contribution is -2.00. The molecular formula is C17H13N3O2. The Kier molecular flexibility index (Phi) is 3.78. The number of para-hydroxylation sites is 1. The minimum Gasteiger partial charge on any atom is -0.478 e. The van der Waals surface area contributed by atoms with E-state index in [-0.39, 0.29) is 0 Å². The van der Waals surface area contributed by atoms with Crippen molar-refractivity contribution in [1.29, 1.82) is 0 Å². The number of carboxylic acids is 1. The van der Waals surface area contributed by atoms with E-state index in [9.17, 15) is 4.79 Å². The lowest BCUT2D eigenvalue weighted by atomic mass is 10.2. The van der Waals surface area contributed by atoms with Gasteiger partial charge in [-0.15, -0.1) is 10.2 Å². The fourth-order valence-corrected chi connectivity index (χ4v) is 2.16. The number of aliphatic carboxylic acids is 1. The fourth-order valence-electron chi connectivity index (χ4n) is 2.16. The molecule has 0 saturated heterocycles. The minimum atomic E-state index is -1.02. The van der Waals surface area contributed by atoms with Crippen molar-refractivity contribution in [3.05, 3.63) is 72.6 Å². The highest BCUT2D eigenvalue weighted by Crippen LogP contribution is 2.23. The van der Waals surface area contributed by atoms with E-state index >= 15 is 0 Å². The summed E-state index contributed by atoms with van der Waals surface area (Å²) in [4.78, 5) is 10.8. The third kappa shape index (κ3) is 2.78. The molecule has 5 heteroatoms. The maximum absolute atomic E-state index is 10.8. The van der Waals surface area contributed by atoms with Crippen LogP contribution in [0.1, 0.15) is 5.82 Å². The van der Waals surface area contributed by atoms with Crippen LogP contribution in [0.3, 0.4) is 0 Å². The monoisotopic (exact) mass is 291 g/mol. The molecule has 0 saturated carbocycles. The molecule has 3 aromatic rings. The Bertz CT molecular complexity index is 808. The summed E-state index contributed by atoms with van der Waals surface area (Å²) in [6.07, 6.45) is 2.49. The first-order valence-corrected chi connectivity index (χ1v) is 6.73. The molecule has 1 heterocycles. The zero-order chi connectivity index (χ0) is 15.4. The van der Waals surface area contributed by atoms with E-state index in [1.54, 1.807) is 0 Å². The molecule has 0 atom stereocenters. The second kappa shape index (κ2) is 6.05. The number of benzene rings is 2. The van der Waals surface area contributed by atoms with Crippen molar-refractivity contribution in [3.8, 4) is 17.1 Å². The number of carbonyl (C=O) groups is 1. The van der Waals surface area contributed by atoms with Crippen LogP contribution in [0.25, 0.3) is 23.2 Å². The van der Waals surface area contributed by atoms with Gasteiger partial charge >= 0.3 is 5.97 Å². The molecule has 3 rings (SSSR count). The zero-order valence-electron chi connectivity index (χ0n) is 11.6. The predicted octanol–water partition coefficient (Wildman–Crippen LogP) is 3.03. The van der Waals surface area contributed by atoms with Crippen LogP contribution in [0.4, 0.5) is 0 Å². The number of hydrogen-bond donors (Lipinski definition) is 1. The van der Waals surface area contributed by atoms with E-state index in [4.69, 9.17) is 5.11 Å². The van der Waals surface area contributed by atoms with Crippen molar-refractivity contribution in [3.63, 3.8) is 0 Å². The van der Waals surface area contributed by atoms with Gasteiger partial charge < -0.3 is 5.11 Å². The first kappa shape index (κ1) is 13.8. The molecule has 0 fully saturated rings. The molecule has 1 N–H and O–H groups in total. The third-order valence-corrected chi connectivity index (χ3v) is 3.11. The van der Waals surface area contributed by atoms with Gasteiger partial charge in [-0.1, -0.05) is 48.5 Å². The zero-order valence-corrected chi connectivity index (χ0v) is 11.6. The van der Waals surface area contributed by atoms with Crippen LogP contribution >= 0.6 is 0 Å². The van der Waals surface area contributed by atoms with Gasteiger partial charge in [0.15, 0.2) is 11.6 Å². The molecule has 5 nitrogen and oxygen atoms in total. The number of hydrogen-bond acceptors (Lipinski definition) is 3. The molecule has 0 spiro atoms. The van der Waals surface area contributed by atoms with Gasteiger partial charge in [0.05, 0.1) is 0 Å². The average Bonchev–Trinajstić information content (AvgIpc) is 2.98. The van der Waals surface area contributed by atoms with Crippen LogP contribution < -0.4 is 0 Å². The Morgan fingerprint density at radius 3 is 2.23 bits per heavy atom. The third-order valence-electron chi connectivity index (χ3n) is 3.11. The summed E-state index contributed by atoms with van der Waals surface area (Å²) in [6, 6.07) is 19.2. The second-order valence-electron chi connectivity index (χ2n) is 4.59. The van der Waals surface area contributed by atoms with Crippen molar-refractivity contribution in [1.82, 2.24) is 14.8 Å². The van der Waals surface area contributed by atoms with Gasteiger partial charge in [-0.3, -0.25) is 4.57 Å². The van der Waals surface area contributed by atoms with Crippen LogP contribution in [0.5, 0.6) is 0 Å². The molecule has 22 heavy (non-hydrogen) atoms. The Balaban J connectivity index is 2.18. The van der Waals surface area contributed by atoms with Gasteiger partial charge in [0.2, 0.25) is 0 Å². The van der Waals surface area contributed by atoms with Crippen LogP contribution in [0.2, 0.25) is 0 Å². The Morgan fingerprint density at radius 2 is 1.59 bits per heavy atom. The van der Waals surface area contributed by atoms with Gasteiger partial charge in [-0.2, -0.15) is 0 Å². The van der Waals surface area contributed by atoms with Crippen LogP contribution in [-0.4, -0.2) is 25.8 Å². The quantitative estimate of drug-likeness (QED) is 0.750. The van der Waals surface area contributed by atoms with Crippen molar-refractivity contribution in [2.24, 2.45) is 0 Å².